The Hall–Kier alpha value is -2.02. The molecular weight excluding hydrogens is 300 g/mol. The topological polar surface area (TPSA) is 76.9 Å². The summed E-state index contributed by atoms with van der Waals surface area (Å²) in [5.74, 6) is 0.155. The summed E-state index contributed by atoms with van der Waals surface area (Å²) in [6, 6.07) is 2.58. The van der Waals surface area contributed by atoms with E-state index in [0.29, 0.717) is 11.0 Å². The summed E-state index contributed by atoms with van der Waals surface area (Å²) in [7, 11) is 0. The molecule has 3 rings (SSSR count). The Morgan fingerprint density at radius 1 is 1.41 bits per heavy atom. The van der Waals surface area contributed by atoms with Gasteiger partial charge in [-0.1, -0.05) is 0 Å². The SMILES string of the molecule is Cc1nc(NC(=O)C(C)n2nc(C3CC3)ccc2=O)sc1C. The molecule has 1 aliphatic rings. The van der Waals surface area contributed by atoms with Crippen LogP contribution in [0.2, 0.25) is 0 Å². The van der Waals surface area contributed by atoms with E-state index in [9.17, 15) is 9.59 Å². The zero-order chi connectivity index (χ0) is 15.9. The second-order valence-corrected chi connectivity index (χ2v) is 6.84. The largest absolute Gasteiger partial charge is 0.300 e. The van der Waals surface area contributed by atoms with Crippen molar-refractivity contribution < 1.29 is 4.79 Å². The van der Waals surface area contributed by atoms with Gasteiger partial charge in [-0.2, -0.15) is 5.10 Å². The van der Waals surface area contributed by atoms with Crippen LogP contribution in [0, 0.1) is 13.8 Å². The van der Waals surface area contributed by atoms with Crippen LogP contribution in [0.1, 0.15) is 48.0 Å². The van der Waals surface area contributed by atoms with Gasteiger partial charge in [0.25, 0.3) is 11.5 Å². The molecule has 2 heterocycles. The Labute approximate surface area is 132 Å². The molecule has 6 nitrogen and oxygen atoms in total. The number of aromatic nitrogens is 3. The molecule has 1 unspecified atom stereocenters. The molecule has 1 atom stereocenters. The summed E-state index contributed by atoms with van der Waals surface area (Å²) >= 11 is 1.43. The zero-order valence-electron chi connectivity index (χ0n) is 12.8. The number of aryl methyl sites for hydroxylation is 2. The highest BCUT2D eigenvalue weighted by atomic mass is 32.1. The molecule has 0 bridgehead atoms. The number of thiazole rings is 1. The molecule has 0 radical (unpaired) electrons. The lowest BCUT2D eigenvalue weighted by molar-refractivity contribution is -0.119. The van der Waals surface area contributed by atoms with Gasteiger partial charge >= 0.3 is 0 Å². The van der Waals surface area contributed by atoms with Crippen molar-refractivity contribution in [1.82, 2.24) is 14.8 Å². The Bertz CT molecular complexity index is 757. The Morgan fingerprint density at radius 2 is 2.14 bits per heavy atom. The first-order valence-corrected chi connectivity index (χ1v) is 8.12. The highest BCUT2D eigenvalue weighted by Gasteiger charge is 2.27. The van der Waals surface area contributed by atoms with Gasteiger partial charge in [0.05, 0.1) is 11.4 Å². The van der Waals surface area contributed by atoms with Crippen molar-refractivity contribution in [1.29, 1.82) is 0 Å². The van der Waals surface area contributed by atoms with Crippen LogP contribution in [0.5, 0.6) is 0 Å². The maximum atomic E-state index is 12.3. The first kappa shape index (κ1) is 14.9. The van der Waals surface area contributed by atoms with Gasteiger partial charge in [-0.05, 0) is 39.7 Å². The summed E-state index contributed by atoms with van der Waals surface area (Å²) in [5.41, 5.74) is 1.53. The highest BCUT2D eigenvalue weighted by molar-refractivity contribution is 7.15. The molecule has 7 heteroatoms. The van der Waals surface area contributed by atoms with E-state index in [0.717, 1.165) is 29.1 Å². The third kappa shape index (κ3) is 2.94. The summed E-state index contributed by atoms with van der Waals surface area (Å²) in [5, 5.41) is 7.66. The molecule has 116 valence electrons. The Morgan fingerprint density at radius 3 is 2.73 bits per heavy atom. The number of rotatable bonds is 4. The van der Waals surface area contributed by atoms with Crippen molar-refractivity contribution in [3.63, 3.8) is 0 Å². The number of carbonyl (C=O) groups excluding carboxylic acids is 1. The van der Waals surface area contributed by atoms with Crippen LogP contribution in [-0.4, -0.2) is 20.7 Å². The van der Waals surface area contributed by atoms with Crippen LogP contribution in [0.3, 0.4) is 0 Å². The van der Waals surface area contributed by atoms with Crippen molar-refractivity contribution >= 4 is 22.4 Å². The second kappa shape index (κ2) is 5.64. The molecule has 0 saturated heterocycles. The minimum absolute atomic E-state index is 0.265. The van der Waals surface area contributed by atoms with E-state index in [-0.39, 0.29) is 11.5 Å². The first-order chi connectivity index (χ1) is 10.5. The highest BCUT2D eigenvalue weighted by Crippen LogP contribution is 2.38. The van der Waals surface area contributed by atoms with E-state index < -0.39 is 6.04 Å². The van der Waals surface area contributed by atoms with Crippen LogP contribution >= 0.6 is 11.3 Å². The Balaban J connectivity index is 1.80. The molecule has 2 aromatic heterocycles. The smallest absolute Gasteiger partial charge is 0.267 e. The molecule has 1 saturated carbocycles. The number of amides is 1. The standard InChI is InChI=1S/C15H18N4O2S/c1-8-10(3)22-15(16-8)17-14(21)9(2)19-13(20)7-6-12(18-19)11-4-5-11/h6-7,9,11H,4-5H2,1-3H3,(H,16,17,21). The monoisotopic (exact) mass is 318 g/mol. The van der Waals surface area contributed by atoms with Gasteiger partial charge in [0.2, 0.25) is 0 Å². The lowest BCUT2D eigenvalue weighted by atomic mass is 10.2. The average molecular weight is 318 g/mol. The van der Waals surface area contributed by atoms with Crippen molar-refractivity contribution in [2.45, 2.75) is 45.6 Å². The average Bonchev–Trinajstić information content (AvgIpc) is 3.26. The lowest BCUT2D eigenvalue weighted by Crippen LogP contribution is -2.33. The van der Waals surface area contributed by atoms with Gasteiger partial charge in [-0.3, -0.25) is 9.59 Å². The maximum Gasteiger partial charge on any atom is 0.267 e. The minimum Gasteiger partial charge on any atom is -0.300 e. The first-order valence-electron chi connectivity index (χ1n) is 7.30. The normalized spacial score (nSPS) is 15.6. The maximum absolute atomic E-state index is 12.3. The zero-order valence-corrected chi connectivity index (χ0v) is 13.6. The lowest BCUT2D eigenvalue weighted by Gasteiger charge is -2.13. The third-order valence-corrected chi connectivity index (χ3v) is 4.83. The van der Waals surface area contributed by atoms with Crippen molar-refractivity contribution in [3.05, 3.63) is 38.8 Å². The quantitative estimate of drug-likeness (QED) is 0.939. The van der Waals surface area contributed by atoms with Crippen LogP contribution in [0.15, 0.2) is 16.9 Å². The fourth-order valence-corrected chi connectivity index (χ4v) is 2.98. The molecule has 1 N–H and O–H groups in total. The molecule has 22 heavy (non-hydrogen) atoms. The summed E-state index contributed by atoms with van der Waals surface area (Å²) in [4.78, 5) is 29.7. The fourth-order valence-electron chi connectivity index (χ4n) is 2.16. The number of nitrogens with zero attached hydrogens (tertiary/aromatic N) is 3. The number of carbonyl (C=O) groups is 1. The van der Waals surface area contributed by atoms with Gasteiger partial charge in [0, 0.05) is 16.9 Å². The summed E-state index contributed by atoms with van der Waals surface area (Å²) in [6.45, 7) is 5.53. The molecule has 1 fully saturated rings. The summed E-state index contributed by atoms with van der Waals surface area (Å²) in [6.07, 6.45) is 2.20. The van der Waals surface area contributed by atoms with Crippen molar-refractivity contribution in [2.24, 2.45) is 0 Å². The van der Waals surface area contributed by atoms with Gasteiger partial charge in [0.15, 0.2) is 5.13 Å². The predicted octanol–water partition coefficient (Wildman–Crippen LogP) is 2.39. The second-order valence-electron chi connectivity index (χ2n) is 5.64. The van der Waals surface area contributed by atoms with Crippen LogP contribution in [0.25, 0.3) is 0 Å². The van der Waals surface area contributed by atoms with E-state index in [1.54, 1.807) is 13.0 Å². The van der Waals surface area contributed by atoms with E-state index in [2.05, 4.69) is 15.4 Å². The minimum atomic E-state index is -0.671. The molecule has 2 aromatic rings. The van der Waals surface area contributed by atoms with Crippen molar-refractivity contribution in [3.8, 4) is 0 Å². The molecular formula is C15H18N4O2S. The molecule has 0 aliphatic heterocycles. The molecule has 1 aliphatic carbocycles. The van der Waals surface area contributed by atoms with Gasteiger partial charge in [0.1, 0.15) is 6.04 Å². The van der Waals surface area contributed by atoms with E-state index in [1.807, 2.05) is 13.8 Å². The van der Waals surface area contributed by atoms with E-state index in [4.69, 9.17) is 0 Å². The predicted molar refractivity (Wildman–Crippen MR) is 85.4 cm³/mol. The number of anilines is 1. The van der Waals surface area contributed by atoms with Crippen molar-refractivity contribution in [2.75, 3.05) is 5.32 Å². The third-order valence-electron chi connectivity index (χ3n) is 3.85. The summed E-state index contributed by atoms with van der Waals surface area (Å²) < 4.78 is 1.26. The number of hydrogen-bond donors (Lipinski definition) is 1. The van der Waals surface area contributed by atoms with Crippen LogP contribution < -0.4 is 10.9 Å². The van der Waals surface area contributed by atoms with E-state index in [1.165, 1.54) is 22.1 Å². The van der Waals surface area contributed by atoms with E-state index >= 15 is 0 Å². The fraction of sp³-hybridized carbons (Fsp3) is 0.467. The van der Waals surface area contributed by atoms with Crippen LogP contribution in [-0.2, 0) is 4.79 Å². The molecule has 0 spiro atoms. The van der Waals surface area contributed by atoms with Gasteiger partial charge in [-0.25, -0.2) is 9.67 Å². The van der Waals surface area contributed by atoms with Gasteiger partial charge < -0.3 is 5.32 Å². The Kier molecular flexibility index (Phi) is 3.82. The number of nitrogens with one attached hydrogen (secondary N) is 1. The van der Waals surface area contributed by atoms with Gasteiger partial charge in [-0.15, -0.1) is 11.3 Å². The molecule has 1 amide bonds. The van der Waals surface area contributed by atoms with Crippen LogP contribution in [0.4, 0.5) is 5.13 Å². The number of hydrogen-bond acceptors (Lipinski definition) is 5. The molecule has 0 aromatic carbocycles.